The smallest absolute Gasteiger partial charge is 0.0606 e. The monoisotopic (exact) mass is 613 g/mol. The van der Waals surface area contributed by atoms with Gasteiger partial charge in [-0.05, 0) is 40.0 Å². The Balaban J connectivity index is 0.00000259. The summed E-state index contributed by atoms with van der Waals surface area (Å²) >= 11 is 0. The van der Waals surface area contributed by atoms with Gasteiger partial charge in [-0.2, -0.15) is 0 Å². The van der Waals surface area contributed by atoms with Crippen molar-refractivity contribution in [1.82, 2.24) is 14.5 Å². The molecule has 0 aliphatic heterocycles. The van der Waals surface area contributed by atoms with Gasteiger partial charge >= 0.3 is 0 Å². The van der Waals surface area contributed by atoms with E-state index in [9.17, 15) is 0 Å². The second kappa shape index (κ2) is 8.66. The Kier molecular flexibility index (Phi) is 6.20. The summed E-state index contributed by atoms with van der Waals surface area (Å²) in [6.07, 6.45) is 5.91. The molecule has 0 bridgehead atoms. The molecule has 2 aromatic heterocycles. The molecule has 1 aliphatic carbocycles. The van der Waals surface area contributed by atoms with E-state index in [1.165, 1.54) is 33.5 Å². The molecule has 171 valence electrons. The fourth-order valence-corrected chi connectivity index (χ4v) is 5.25. The molecule has 0 saturated carbocycles. The quantitative estimate of drug-likeness (QED) is 0.227. The number of rotatable bonds is 4. The van der Waals surface area contributed by atoms with Crippen LogP contribution in [0.3, 0.4) is 0 Å². The number of imidazole rings is 1. The number of para-hydroxylation sites is 1. The number of benzene rings is 2. The first-order valence-electron chi connectivity index (χ1n) is 11.5. The van der Waals surface area contributed by atoms with Crippen molar-refractivity contribution in [2.75, 3.05) is 0 Å². The average Bonchev–Trinajstić information content (AvgIpc) is 3.35. The van der Waals surface area contributed by atoms with E-state index in [4.69, 9.17) is 9.97 Å². The SMILES string of the molecule is CC(C)c1cccc(C(C)C)c1-n1ccnc1-c1[c-]ccc2c1C(C)(C)c1ncccc1-2.[Ir]. The number of nitrogens with zero attached hydrogens (tertiary/aromatic N) is 3. The average molecular weight is 613 g/mol. The fraction of sp³-hybridized carbons (Fsp3) is 0.310. The van der Waals surface area contributed by atoms with E-state index in [0.29, 0.717) is 11.8 Å². The Bertz CT molecular complexity index is 1290. The van der Waals surface area contributed by atoms with Crippen molar-refractivity contribution in [3.63, 3.8) is 0 Å². The predicted molar refractivity (Wildman–Crippen MR) is 131 cm³/mol. The van der Waals surface area contributed by atoms with Gasteiger partial charge in [0.25, 0.3) is 0 Å². The zero-order valence-corrected chi connectivity index (χ0v) is 22.5. The first-order valence-corrected chi connectivity index (χ1v) is 11.5. The number of aromatic nitrogens is 3. The van der Waals surface area contributed by atoms with Crippen LogP contribution in [0, 0.1) is 6.07 Å². The summed E-state index contributed by atoms with van der Waals surface area (Å²) in [5, 5.41) is 0. The van der Waals surface area contributed by atoms with Crippen molar-refractivity contribution in [3.8, 4) is 28.2 Å². The van der Waals surface area contributed by atoms with Crippen molar-refractivity contribution in [2.45, 2.75) is 58.8 Å². The second-order valence-corrected chi connectivity index (χ2v) is 9.88. The van der Waals surface area contributed by atoms with Crippen molar-refractivity contribution >= 4 is 0 Å². The molecule has 1 aliphatic rings. The summed E-state index contributed by atoms with van der Waals surface area (Å²) in [6, 6.07) is 18.6. The zero-order chi connectivity index (χ0) is 22.6. The molecule has 2 heterocycles. The van der Waals surface area contributed by atoms with Crippen molar-refractivity contribution in [1.29, 1.82) is 0 Å². The molecular weight excluding hydrogens is 583 g/mol. The van der Waals surface area contributed by atoms with E-state index < -0.39 is 0 Å². The Morgan fingerprint density at radius 1 is 0.848 bits per heavy atom. The molecule has 0 amide bonds. The van der Waals surface area contributed by atoms with Crippen LogP contribution < -0.4 is 0 Å². The number of hydrogen-bond donors (Lipinski definition) is 0. The van der Waals surface area contributed by atoms with Crippen LogP contribution in [-0.4, -0.2) is 14.5 Å². The predicted octanol–water partition coefficient (Wildman–Crippen LogP) is 7.29. The molecule has 0 saturated heterocycles. The van der Waals surface area contributed by atoms with E-state index in [0.717, 1.165) is 17.1 Å². The molecule has 2 aromatic carbocycles. The topological polar surface area (TPSA) is 30.7 Å². The number of hydrogen-bond acceptors (Lipinski definition) is 2. The molecule has 4 heteroatoms. The Hall–Kier alpha value is -2.55. The van der Waals surface area contributed by atoms with Gasteiger partial charge in [-0.15, -0.1) is 29.3 Å². The van der Waals surface area contributed by atoms with Crippen LogP contribution in [0.4, 0.5) is 0 Å². The summed E-state index contributed by atoms with van der Waals surface area (Å²) < 4.78 is 2.28. The van der Waals surface area contributed by atoms with Gasteiger partial charge < -0.3 is 4.57 Å². The summed E-state index contributed by atoms with van der Waals surface area (Å²) in [6.45, 7) is 13.6. The van der Waals surface area contributed by atoms with E-state index in [1.54, 1.807) is 0 Å². The minimum absolute atomic E-state index is 0. The maximum absolute atomic E-state index is 4.88. The van der Waals surface area contributed by atoms with Crippen LogP contribution in [0.2, 0.25) is 0 Å². The first-order chi connectivity index (χ1) is 15.3. The van der Waals surface area contributed by atoms with E-state index in [-0.39, 0.29) is 25.5 Å². The molecule has 0 N–H and O–H groups in total. The Morgan fingerprint density at radius 2 is 1.55 bits per heavy atom. The van der Waals surface area contributed by atoms with Gasteiger partial charge in [0.15, 0.2) is 0 Å². The van der Waals surface area contributed by atoms with Gasteiger partial charge in [0.2, 0.25) is 0 Å². The standard InChI is InChI=1S/C29H30N3.Ir/c1-18(2)20-10-7-11-21(19(3)4)26(20)32-17-16-31-28(32)24-13-8-12-22-23-14-9-15-30-27(23)29(5,6)25(22)24;/h7-12,14-19H,1-6H3;/q-1;. The van der Waals surface area contributed by atoms with E-state index in [2.05, 4.69) is 88.7 Å². The molecule has 0 atom stereocenters. The van der Waals surface area contributed by atoms with Crippen LogP contribution in [0.25, 0.3) is 28.2 Å². The summed E-state index contributed by atoms with van der Waals surface area (Å²) in [7, 11) is 0. The van der Waals surface area contributed by atoms with Crippen molar-refractivity contribution in [2.24, 2.45) is 0 Å². The molecule has 0 fully saturated rings. The van der Waals surface area contributed by atoms with Gasteiger partial charge in [0.1, 0.15) is 0 Å². The normalized spacial score (nSPS) is 13.7. The Morgan fingerprint density at radius 3 is 2.21 bits per heavy atom. The second-order valence-electron chi connectivity index (χ2n) is 9.88. The minimum Gasteiger partial charge on any atom is -0.339 e. The molecule has 1 radical (unpaired) electrons. The third-order valence-corrected chi connectivity index (χ3v) is 6.76. The first kappa shape index (κ1) is 23.6. The van der Waals surface area contributed by atoms with Crippen LogP contribution >= 0.6 is 0 Å². The van der Waals surface area contributed by atoms with Crippen LogP contribution in [0.1, 0.15) is 75.8 Å². The van der Waals surface area contributed by atoms with Gasteiger partial charge in [-0.3, -0.25) is 9.97 Å². The molecule has 0 unspecified atom stereocenters. The van der Waals surface area contributed by atoms with E-state index >= 15 is 0 Å². The Labute approximate surface area is 210 Å². The van der Waals surface area contributed by atoms with Gasteiger partial charge in [-0.1, -0.05) is 71.4 Å². The maximum Gasteiger partial charge on any atom is 0.0606 e. The van der Waals surface area contributed by atoms with Gasteiger partial charge in [0.05, 0.1) is 5.82 Å². The largest absolute Gasteiger partial charge is 0.339 e. The fourth-order valence-electron chi connectivity index (χ4n) is 5.25. The maximum atomic E-state index is 4.88. The molecule has 4 aromatic rings. The van der Waals surface area contributed by atoms with Crippen molar-refractivity contribution in [3.05, 3.63) is 89.5 Å². The van der Waals surface area contributed by atoms with Crippen LogP contribution in [0.15, 0.2) is 61.1 Å². The molecular formula is C29H30IrN3-. The zero-order valence-electron chi connectivity index (χ0n) is 20.1. The number of pyridine rings is 1. The van der Waals surface area contributed by atoms with Gasteiger partial charge in [-0.25, -0.2) is 0 Å². The summed E-state index contributed by atoms with van der Waals surface area (Å²) in [5.74, 6) is 1.77. The third-order valence-electron chi connectivity index (χ3n) is 6.76. The van der Waals surface area contributed by atoms with E-state index in [1.807, 2.05) is 24.5 Å². The molecule has 33 heavy (non-hydrogen) atoms. The molecule has 5 rings (SSSR count). The number of fused-ring (bicyclic) bond motifs is 3. The van der Waals surface area contributed by atoms with Crippen LogP contribution in [0.5, 0.6) is 0 Å². The summed E-state index contributed by atoms with van der Waals surface area (Å²) in [4.78, 5) is 9.64. The molecule has 0 spiro atoms. The molecule has 3 nitrogen and oxygen atoms in total. The van der Waals surface area contributed by atoms with Crippen LogP contribution in [-0.2, 0) is 25.5 Å². The summed E-state index contributed by atoms with van der Waals surface area (Å²) in [5.41, 5.74) is 9.61. The third kappa shape index (κ3) is 3.61. The van der Waals surface area contributed by atoms with Gasteiger partial charge in [0, 0.05) is 50.1 Å². The van der Waals surface area contributed by atoms with Crippen molar-refractivity contribution < 1.29 is 20.1 Å². The minimum atomic E-state index is -0.214.